The van der Waals surface area contributed by atoms with Gasteiger partial charge in [0.25, 0.3) is 0 Å². The minimum absolute atomic E-state index is 0.122. The highest BCUT2D eigenvalue weighted by Crippen LogP contribution is 2.41. The van der Waals surface area contributed by atoms with Crippen LogP contribution in [0.1, 0.15) is 35.9 Å². The molecule has 0 radical (unpaired) electrons. The summed E-state index contributed by atoms with van der Waals surface area (Å²) in [5.41, 5.74) is 7.91. The number of rotatable bonds is 5. The third kappa shape index (κ3) is 3.67. The molecule has 1 aliphatic rings. The lowest BCUT2D eigenvalue weighted by Gasteiger charge is -2.33. The molecule has 1 unspecified atom stereocenters. The number of pyridine rings is 2. The van der Waals surface area contributed by atoms with Gasteiger partial charge in [-0.2, -0.15) is 0 Å². The zero-order valence-corrected chi connectivity index (χ0v) is 20.2. The first-order valence-corrected chi connectivity index (χ1v) is 12.1. The van der Waals surface area contributed by atoms with Crippen molar-refractivity contribution in [3.05, 3.63) is 71.7 Å². The number of hydrogen-bond donors (Lipinski definition) is 0. The highest BCUT2D eigenvalue weighted by Gasteiger charge is 2.30. The molecule has 1 saturated heterocycles. The van der Waals surface area contributed by atoms with E-state index in [1.165, 1.54) is 5.56 Å². The smallest absolute Gasteiger partial charge is 0.213 e. The summed E-state index contributed by atoms with van der Waals surface area (Å²) in [5, 5.41) is 4.16. The van der Waals surface area contributed by atoms with Crippen LogP contribution < -0.4 is 4.74 Å². The van der Waals surface area contributed by atoms with E-state index in [0.717, 1.165) is 70.7 Å². The van der Waals surface area contributed by atoms with Gasteiger partial charge in [0.1, 0.15) is 16.8 Å². The van der Waals surface area contributed by atoms with Gasteiger partial charge in [0.15, 0.2) is 0 Å². The first-order chi connectivity index (χ1) is 17.2. The Balaban J connectivity index is 1.67. The molecule has 0 N–H and O–H groups in total. The quantitative estimate of drug-likeness (QED) is 0.321. The van der Waals surface area contributed by atoms with Crippen LogP contribution in [-0.4, -0.2) is 40.0 Å². The van der Waals surface area contributed by atoms with Gasteiger partial charge >= 0.3 is 0 Å². The number of aryl methyl sites for hydroxylation is 2. The van der Waals surface area contributed by atoms with E-state index in [4.69, 9.17) is 24.0 Å². The minimum Gasteiger partial charge on any atom is -0.481 e. The molecule has 4 aromatic heterocycles. The van der Waals surface area contributed by atoms with Gasteiger partial charge in [-0.05, 0) is 50.3 Å². The van der Waals surface area contributed by atoms with Crippen LogP contribution in [0.3, 0.4) is 0 Å². The molecule has 5 aromatic rings. The number of hydrogen-bond acceptors (Lipinski definition) is 6. The SMILES string of the molecule is COc1ccc2c(n1)c1ncc(-c3c(C)noc3C)cc1n2C(c1ccccc1)C1CCOCC1. The molecule has 5 heterocycles. The Kier molecular flexibility index (Phi) is 5.49. The predicted octanol–water partition coefficient (Wildman–Crippen LogP) is 5.88. The second-order valence-corrected chi connectivity index (χ2v) is 9.19. The number of nitrogens with zero attached hydrogens (tertiary/aromatic N) is 4. The molecular weight excluding hydrogens is 440 g/mol. The molecule has 1 aromatic carbocycles. The average Bonchev–Trinajstić information content (AvgIpc) is 3.41. The first kappa shape index (κ1) is 21.8. The number of methoxy groups -OCH3 is 1. The average molecular weight is 469 g/mol. The Bertz CT molecular complexity index is 1480. The zero-order valence-electron chi connectivity index (χ0n) is 20.2. The predicted molar refractivity (Wildman–Crippen MR) is 135 cm³/mol. The molecule has 1 aliphatic heterocycles. The third-order valence-corrected chi connectivity index (χ3v) is 7.12. The molecule has 0 aliphatic carbocycles. The van der Waals surface area contributed by atoms with Crippen molar-refractivity contribution in [2.75, 3.05) is 20.3 Å². The number of benzene rings is 1. The van der Waals surface area contributed by atoms with Crippen LogP contribution in [0.15, 0.2) is 59.3 Å². The molecular formula is C28H28N4O3. The van der Waals surface area contributed by atoms with E-state index >= 15 is 0 Å². The van der Waals surface area contributed by atoms with E-state index < -0.39 is 0 Å². The fourth-order valence-electron chi connectivity index (χ4n) is 5.51. The van der Waals surface area contributed by atoms with Crippen molar-refractivity contribution < 1.29 is 14.0 Å². The zero-order chi connectivity index (χ0) is 23.9. The standard InChI is InChI=1S/C28H28N4O3/c1-17-25(18(2)35-31-17)21-15-23-26(29-16-21)27-22(9-10-24(30-27)33-3)32(23)28(19-7-5-4-6-8-19)20-11-13-34-14-12-20/h4-10,15-16,20,28H,11-14H2,1-3H3. The van der Waals surface area contributed by atoms with Gasteiger partial charge in [-0.15, -0.1) is 0 Å². The Morgan fingerprint density at radius 1 is 1.00 bits per heavy atom. The van der Waals surface area contributed by atoms with Gasteiger partial charge in [0, 0.05) is 36.6 Å². The molecule has 178 valence electrons. The molecule has 0 spiro atoms. The Morgan fingerprint density at radius 3 is 2.51 bits per heavy atom. The number of ether oxygens (including phenoxy) is 2. The molecule has 35 heavy (non-hydrogen) atoms. The second-order valence-electron chi connectivity index (χ2n) is 9.19. The molecule has 6 rings (SSSR count). The fourth-order valence-corrected chi connectivity index (χ4v) is 5.51. The van der Waals surface area contributed by atoms with Crippen LogP contribution in [0.2, 0.25) is 0 Å². The summed E-state index contributed by atoms with van der Waals surface area (Å²) < 4.78 is 19.1. The Morgan fingerprint density at radius 2 is 1.80 bits per heavy atom. The summed E-state index contributed by atoms with van der Waals surface area (Å²) in [4.78, 5) is 9.76. The maximum atomic E-state index is 5.73. The van der Waals surface area contributed by atoms with Crippen molar-refractivity contribution >= 4 is 22.1 Å². The molecule has 1 fully saturated rings. The van der Waals surface area contributed by atoms with Gasteiger partial charge in [-0.3, -0.25) is 4.98 Å². The van der Waals surface area contributed by atoms with Crippen LogP contribution >= 0.6 is 0 Å². The first-order valence-electron chi connectivity index (χ1n) is 12.1. The maximum absolute atomic E-state index is 5.73. The van der Waals surface area contributed by atoms with Crippen LogP contribution in [0, 0.1) is 19.8 Å². The molecule has 0 amide bonds. The van der Waals surface area contributed by atoms with Crippen molar-refractivity contribution in [3.63, 3.8) is 0 Å². The van der Waals surface area contributed by atoms with E-state index in [9.17, 15) is 0 Å². The van der Waals surface area contributed by atoms with E-state index in [1.54, 1.807) is 7.11 Å². The Labute approximate surface area is 203 Å². The van der Waals surface area contributed by atoms with Gasteiger partial charge < -0.3 is 18.6 Å². The fraction of sp³-hybridized carbons (Fsp3) is 0.321. The van der Waals surface area contributed by atoms with E-state index in [-0.39, 0.29) is 6.04 Å². The van der Waals surface area contributed by atoms with Crippen LogP contribution in [0.4, 0.5) is 0 Å². The summed E-state index contributed by atoms with van der Waals surface area (Å²) in [6, 6.07) is 17.1. The topological polar surface area (TPSA) is 75.2 Å². The normalized spacial score (nSPS) is 15.6. The van der Waals surface area contributed by atoms with Gasteiger partial charge in [-0.1, -0.05) is 35.5 Å². The van der Waals surface area contributed by atoms with Gasteiger partial charge in [0.05, 0.1) is 29.9 Å². The van der Waals surface area contributed by atoms with E-state index in [1.807, 2.05) is 26.1 Å². The van der Waals surface area contributed by atoms with Crippen LogP contribution in [-0.2, 0) is 4.74 Å². The summed E-state index contributed by atoms with van der Waals surface area (Å²) >= 11 is 0. The number of fused-ring (bicyclic) bond motifs is 3. The largest absolute Gasteiger partial charge is 0.481 e. The third-order valence-electron chi connectivity index (χ3n) is 7.12. The van der Waals surface area contributed by atoms with Gasteiger partial charge in [0.2, 0.25) is 5.88 Å². The lowest BCUT2D eigenvalue weighted by Crippen LogP contribution is -2.26. The molecule has 1 atom stereocenters. The van der Waals surface area contributed by atoms with Crippen molar-refractivity contribution in [1.29, 1.82) is 0 Å². The van der Waals surface area contributed by atoms with Crippen molar-refractivity contribution in [2.24, 2.45) is 5.92 Å². The summed E-state index contributed by atoms with van der Waals surface area (Å²) in [6.45, 7) is 5.46. The van der Waals surface area contributed by atoms with Gasteiger partial charge in [-0.25, -0.2) is 4.98 Å². The Hall–Kier alpha value is -3.71. The van der Waals surface area contributed by atoms with Crippen LogP contribution in [0.25, 0.3) is 33.2 Å². The molecule has 0 bridgehead atoms. The van der Waals surface area contributed by atoms with E-state index in [2.05, 4.69) is 52.2 Å². The lowest BCUT2D eigenvalue weighted by molar-refractivity contribution is 0.0553. The summed E-state index contributed by atoms with van der Waals surface area (Å²) in [5.74, 6) is 1.79. The number of aromatic nitrogens is 4. The van der Waals surface area contributed by atoms with Crippen LogP contribution in [0.5, 0.6) is 5.88 Å². The molecule has 0 saturated carbocycles. The van der Waals surface area contributed by atoms with E-state index in [0.29, 0.717) is 11.8 Å². The molecule has 7 nitrogen and oxygen atoms in total. The highest BCUT2D eigenvalue weighted by molar-refractivity contribution is 6.04. The van der Waals surface area contributed by atoms with Crippen molar-refractivity contribution in [1.82, 2.24) is 19.7 Å². The minimum atomic E-state index is 0.122. The van der Waals surface area contributed by atoms with Crippen molar-refractivity contribution in [3.8, 4) is 17.0 Å². The molecule has 7 heteroatoms. The van der Waals surface area contributed by atoms with Crippen molar-refractivity contribution in [2.45, 2.75) is 32.7 Å². The summed E-state index contributed by atoms with van der Waals surface area (Å²) in [7, 11) is 1.64. The second kappa shape index (κ2) is 8.82. The highest BCUT2D eigenvalue weighted by atomic mass is 16.5. The maximum Gasteiger partial charge on any atom is 0.213 e. The summed E-state index contributed by atoms with van der Waals surface area (Å²) in [6.07, 6.45) is 3.90. The lowest BCUT2D eigenvalue weighted by atomic mass is 9.86. The monoisotopic (exact) mass is 468 g/mol.